The third-order valence-corrected chi connectivity index (χ3v) is 2.85. The maximum Gasteiger partial charge on any atom is 0.323 e. The predicted molar refractivity (Wildman–Crippen MR) is 82.0 cm³/mol. The fourth-order valence-electron chi connectivity index (χ4n) is 1.76. The van der Waals surface area contributed by atoms with E-state index in [4.69, 9.17) is 10.6 Å². The van der Waals surface area contributed by atoms with Crippen LogP contribution in [0, 0.1) is 5.41 Å². The normalized spacial score (nSPS) is 13.1. The van der Waals surface area contributed by atoms with E-state index in [9.17, 15) is 5.11 Å². The SMILES string of the molecule is CC(C)Oc1nc(NN)nc(NC(CCO)C(C)(C)C)n1. The highest BCUT2D eigenvalue weighted by Crippen LogP contribution is 2.25. The molecule has 0 aliphatic carbocycles. The molecule has 120 valence electrons. The topological polar surface area (TPSA) is 118 Å². The first-order valence-electron chi connectivity index (χ1n) is 7.03. The summed E-state index contributed by atoms with van der Waals surface area (Å²) in [4.78, 5) is 12.4. The summed E-state index contributed by atoms with van der Waals surface area (Å²) < 4.78 is 5.48. The molecule has 1 rings (SSSR count). The summed E-state index contributed by atoms with van der Waals surface area (Å²) in [5.74, 6) is 5.95. The lowest BCUT2D eigenvalue weighted by Crippen LogP contribution is -2.35. The van der Waals surface area contributed by atoms with Crippen molar-refractivity contribution in [1.82, 2.24) is 15.0 Å². The first-order chi connectivity index (χ1) is 9.76. The van der Waals surface area contributed by atoms with Crippen molar-refractivity contribution < 1.29 is 9.84 Å². The van der Waals surface area contributed by atoms with E-state index in [-0.39, 0.29) is 36.1 Å². The van der Waals surface area contributed by atoms with E-state index < -0.39 is 0 Å². The minimum absolute atomic E-state index is 0.00224. The Kier molecular flexibility index (Phi) is 6.10. The molecule has 8 nitrogen and oxygen atoms in total. The van der Waals surface area contributed by atoms with Crippen LogP contribution in [0.25, 0.3) is 0 Å². The molecule has 8 heteroatoms. The van der Waals surface area contributed by atoms with Gasteiger partial charge < -0.3 is 15.2 Å². The molecule has 1 unspecified atom stereocenters. The number of nitrogens with two attached hydrogens (primary N) is 1. The summed E-state index contributed by atoms with van der Waals surface area (Å²) >= 11 is 0. The molecule has 0 aliphatic heterocycles. The van der Waals surface area contributed by atoms with Gasteiger partial charge in [-0.25, -0.2) is 5.84 Å². The van der Waals surface area contributed by atoms with Crippen LogP contribution in [0.1, 0.15) is 41.0 Å². The van der Waals surface area contributed by atoms with E-state index in [1.54, 1.807) is 0 Å². The second kappa shape index (κ2) is 7.37. The van der Waals surface area contributed by atoms with Crippen LogP contribution in [0.5, 0.6) is 6.01 Å². The fourth-order valence-corrected chi connectivity index (χ4v) is 1.76. The first kappa shape index (κ1) is 17.4. The van der Waals surface area contributed by atoms with Crippen molar-refractivity contribution in [2.75, 3.05) is 17.3 Å². The van der Waals surface area contributed by atoms with Gasteiger partial charge in [-0.05, 0) is 25.7 Å². The quantitative estimate of drug-likeness (QED) is 0.437. The van der Waals surface area contributed by atoms with E-state index in [0.717, 1.165) is 0 Å². The molecule has 0 saturated heterocycles. The zero-order valence-corrected chi connectivity index (χ0v) is 13.3. The van der Waals surface area contributed by atoms with Crippen LogP contribution in [-0.4, -0.2) is 38.8 Å². The molecule has 0 aliphatic rings. The number of aliphatic hydroxyl groups is 1. The van der Waals surface area contributed by atoms with Gasteiger partial charge in [0.1, 0.15) is 0 Å². The van der Waals surface area contributed by atoms with Gasteiger partial charge in [0.05, 0.1) is 6.10 Å². The Morgan fingerprint density at radius 1 is 1.19 bits per heavy atom. The average Bonchev–Trinajstić information content (AvgIpc) is 2.36. The maximum atomic E-state index is 9.20. The van der Waals surface area contributed by atoms with E-state index in [2.05, 4.69) is 46.5 Å². The molecular formula is C13H26N6O2. The van der Waals surface area contributed by atoms with Gasteiger partial charge >= 0.3 is 6.01 Å². The first-order valence-corrected chi connectivity index (χ1v) is 7.03. The van der Waals surface area contributed by atoms with Crippen molar-refractivity contribution in [3.63, 3.8) is 0 Å². The van der Waals surface area contributed by atoms with Gasteiger partial charge in [0, 0.05) is 12.6 Å². The van der Waals surface area contributed by atoms with Crippen LogP contribution in [0.3, 0.4) is 0 Å². The highest BCUT2D eigenvalue weighted by Gasteiger charge is 2.25. The van der Waals surface area contributed by atoms with Gasteiger partial charge in [0.15, 0.2) is 0 Å². The summed E-state index contributed by atoms with van der Waals surface area (Å²) in [6.07, 6.45) is 0.530. The summed E-state index contributed by atoms with van der Waals surface area (Å²) in [5.41, 5.74) is 2.33. The number of nitrogen functional groups attached to an aromatic ring is 1. The summed E-state index contributed by atoms with van der Waals surface area (Å²) in [5, 5.41) is 12.4. The largest absolute Gasteiger partial charge is 0.461 e. The highest BCUT2D eigenvalue weighted by molar-refractivity contribution is 5.36. The van der Waals surface area contributed by atoms with Crippen LogP contribution in [0.15, 0.2) is 0 Å². The number of nitrogens with one attached hydrogen (secondary N) is 2. The monoisotopic (exact) mass is 298 g/mol. The van der Waals surface area contributed by atoms with Crippen LogP contribution >= 0.6 is 0 Å². The standard InChI is InChI=1S/C13H26N6O2/c1-8(2)21-12-17-10(16-11(18-12)19-14)15-9(6-7-20)13(3,4)5/h8-9,20H,6-7,14H2,1-5H3,(H2,15,16,17,18,19). The second-order valence-electron chi connectivity index (χ2n) is 6.15. The smallest absolute Gasteiger partial charge is 0.323 e. The van der Waals surface area contributed by atoms with Crippen LogP contribution in [-0.2, 0) is 0 Å². The Morgan fingerprint density at radius 2 is 1.81 bits per heavy atom. The van der Waals surface area contributed by atoms with Crippen LogP contribution in [0.4, 0.5) is 11.9 Å². The molecule has 0 aromatic carbocycles. The van der Waals surface area contributed by atoms with Crippen LogP contribution in [0.2, 0.25) is 0 Å². The van der Waals surface area contributed by atoms with Crippen molar-refractivity contribution in [1.29, 1.82) is 0 Å². The molecular weight excluding hydrogens is 272 g/mol. The van der Waals surface area contributed by atoms with Gasteiger partial charge in [0.2, 0.25) is 11.9 Å². The van der Waals surface area contributed by atoms with Gasteiger partial charge in [0.25, 0.3) is 0 Å². The van der Waals surface area contributed by atoms with Gasteiger partial charge in [-0.2, -0.15) is 15.0 Å². The lowest BCUT2D eigenvalue weighted by atomic mass is 9.85. The predicted octanol–water partition coefficient (Wildman–Crippen LogP) is 1.15. The molecule has 1 aromatic heterocycles. The maximum absolute atomic E-state index is 9.20. The molecule has 1 heterocycles. The molecule has 21 heavy (non-hydrogen) atoms. The zero-order chi connectivity index (χ0) is 16.0. The summed E-state index contributed by atoms with van der Waals surface area (Å²) in [6, 6.07) is 0.203. The van der Waals surface area contributed by atoms with Gasteiger partial charge in [-0.3, -0.25) is 5.43 Å². The minimum Gasteiger partial charge on any atom is -0.461 e. The van der Waals surface area contributed by atoms with Crippen molar-refractivity contribution >= 4 is 11.9 Å². The Labute approximate surface area is 125 Å². The molecule has 0 saturated carbocycles. The molecule has 0 spiro atoms. The number of rotatable bonds is 7. The number of ether oxygens (including phenoxy) is 1. The van der Waals surface area contributed by atoms with Gasteiger partial charge in [-0.1, -0.05) is 20.8 Å². The van der Waals surface area contributed by atoms with E-state index in [0.29, 0.717) is 12.4 Å². The van der Waals surface area contributed by atoms with Crippen molar-refractivity contribution in [3.8, 4) is 6.01 Å². The zero-order valence-electron chi connectivity index (χ0n) is 13.3. The van der Waals surface area contributed by atoms with Crippen molar-refractivity contribution in [3.05, 3.63) is 0 Å². The lowest BCUT2D eigenvalue weighted by Gasteiger charge is -2.31. The van der Waals surface area contributed by atoms with Crippen molar-refractivity contribution in [2.45, 2.75) is 53.2 Å². The molecule has 0 radical (unpaired) electrons. The number of hydrogen-bond acceptors (Lipinski definition) is 8. The molecule has 1 aromatic rings. The number of aliphatic hydroxyl groups excluding tert-OH is 1. The number of hydrogen-bond donors (Lipinski definition) is 4. The van der Waals surface area contributed by atoms with Crippen molar-refractivity contribution in [2.24, 2.45) is 11.3 Å². The van der Waals surface area contributed by atoms with Crippen LogP contribution < -0.4 is 21.3 Å². The Bertz CT molecular complexity index is 447. The molecule has 0 bridgehead atoms. The molecule has 1 atom stereocenters. The number of hydrazine groups is 1. The number of aromatic nitrogens is 3. The van der Waals surface area contributed by atoms with E-state index >= 15 is 0 Å². The second-order valence-corrected chi connectivity index (χ2v) is 6.15. The average molecular weight is 298 g/mol. The number of anilines is 2. The Balaban J connectivity index is 2.99. The fraction of sp³-hybridized carbons (Fsp3) is 0.769. The van der Waals surface area contributed by atoms with E-state index in [1.165, 1.54) is 0 Å². The third kappa shape index (κ3) is 5.68. The summed E-state index contributed by atoms with van der Waals surface area (Å²) in [6.45, 7) is 10.1. The van der Waals surface area contributed by atoms with Gasteiger partial charge in [-0.15, -0.1) is 0 Å². The lowest BCUT2D eigenvalue weighted by molar-refractivity contribution is 0.221. The third-order valence-electron chi connectivity index (χ3n) is 2.85. The highest BCUT2D eigenvalue weighted by atomic mass is 16.5. The minimum atomic E-state index is -0.0647. The molecule has 0 fully saturated rings. The Hall–Kier alpha value is -1.67. The molecule has 0 amide bonds. The van der Waals surface area contributed by atoms with E-state index in [1.807, 2.05) is 13.8 Å². The number of nitrogens with zero attached hydrogens (tertiary/aromatic N) is 3. The Morgan fingerprint density at radius 3 is 2.29 bits per heavy atom. The molecule has 5 N–H and O–H groups in total. The summed E-state index contributed by atoms with van der Waals surface area (Å²) in [7, 11) is 0.